The summed E-state index contributed by atoms with van der Waals surface area (Å²) in [7, 11) is 0. The second-order valence-electron chi connectivity index (χ2n) is 5.44. The molecule has 1 atom stereocenters. The molecule has 1 heterocycles. The predicted molar refractivity (Wildman–Crippen MR) is 66.9 cm³/mol. The van der Waals surface area contributed by atoms with Crippen LogP contribution in [0.15, 0.2) is 12.1 Å². The van der Waals surface area contributed by atoms with Gasteiger partial charge >= 0.3 is 0 Å². The Labute approximate surface area is 102 Å². The summed E-state index contributed by atoms with van der Waals surface area (Å²) >= 11 is 0. The van der Waals surface area contributed by atoms with Gasteiger partial charge in [0, 0.05) is 5.56 Å². The first-order valence-electron chi connectivity index (χ1n) is 6.15. The molecule has 0 bridgehead atoms. The smallest absolute Gasteiger partial charge is 0.133 e. The third-order valence-corrected chi connectivity index (χ3v) is 3.48. The molecule has 2 rings (SSSR count). The molecule has 1 aliphatic rings. The van der Waals surface area contributed by atoms with Crippen LogP contribution in [0.3, 0.4) is 0 Å². The van der Waals surface area contributed by atoms with Crippen LogP contribution in [-0.4, -0.2) is 12.1 Å². The van der Waals surface area contributed by atoms with Gasteiger partial charge in [0.15, 0.2) is 0 Å². The lowest BCUT2D eigenvalue weighted by Gasteiger charge is -2.33. The third-order valence-electron chi connectivity index (χ3n) is 3.48. The highest BCUT2D eigenvalue weighted by molar-refractivity contribution is 5.42. The van der Waals surface area contributed by atoms with Crippen LogP contribution in [0.1, 0.15) is 44.2 Å². The van der Waals surface area contributed by atoms with Crippen molar-refractivity contribution in [3.63, 3.8) is 0 Å². The van der Waals surface area contributed by atoms with E-state index in [1.54, 1.807) is 6.07 Å². The Morgan fingerprint density at radius 1 is 1.47 bits per heavy atom. The summed E-state index contributed by atoms with van der Waals surface area (Å²) in [5, 5.41) is 0. The van der Waals surface area contributed by atoms with Crippen molar-refractivity contribution >= 4 is 0 Å². The van der Waals surface area contributed by atoms with Gasteiger partial charge in [-0.2, -0.15) is 0 Å². The van der Waals surface area contributed by atoms with Crippen LogP contribution in [0.25, 0.3) is 0 Å². The highest BCUT2D eigenvalue weighted by Crippen LogP contribution is 2.36. The molecule has 0 saturated heterocycles. The van der Waals surface area contributed by atoms with Crippen LogP contribution in [-0.2, 0) is 6.42 Å². The van der Waals surface area contributed by atoms with E-state index in [2.05, 4.69) is 0 Å². The molecule has 2 nitrogen and oxygen atoms in total. The summed E-state index contributed by atoms with van der Waals surface area (Å²) in [6.07, 6.45) is 1.58. The Kier molecular flexibility index (Phi) is 3.13. The van der Waals surface area contributed by atoms with E-state index in [-0.39, 0.29) is 17.3 Å². The average molecular weight is 237 g/mol. The van der Waals surface area contributed by atoms with Crippen molar-refractivity contribution in [1.82, 2.24) is 0 Å². The van der Waals surface area contributed by atoms with Crippen molar-refractivity contribution in [1.29, 1.82) is 0 Å². The van der Waals surface area contributed by atoms with Crippen molar-refractivity contribution in [3.05, 3.63) is 29.1 Å². The molecule has 0 saturated carbocycles. The quantitative estimate of drug-likeness (QED) is 0.858. The van der Waals surface area contributed by atoms with Crippen molar-refractivity contribution < 1.29 is 9.13 Å². The summed E-state index contributed by atoms with van der Waals surface area (Å²) in [6.45, 7) is 6.47. The minimum absolute atomic E-state index is 0.0511. The Morgan fingerprint density at radius 2 is 2.18 bits per heavy atom. The largest absolute Gasteiger partial charge is 0.487 e. The van der Waals surface area contributed by atoms with E-state index in [0.29, 0.717) is 23.4 Å². The van der Waals surface area contributed by atoms with E-state index in [1.165, 1.54) is 0 Å². The SMILES string of the molecule is CC(CN)c1ccc2c(c1F)CCC(C)(C)O2. The molecule has 94 valence electrons. The number of hydrogen-bond acceptors (Lipinski definition) is 2. The summed E-state index contributed by atoms with van der Waals surface area (Å²) in [6, 6.07) is 3.67. The lowest BCUT2D eigenvalue weighted by atomic mass is 9.90. The molecule has 0 spiro atoms. The van der Waals surface area contributed by atoms with Crippen LogP contribution in [0.5, 0.6) is 5.75 Å². The number of benzene rings is 1. The van der Waals surface area contributed by atoms with Crippen molar-refractivity contribution in [2.75, 3.05) is 6.54 Å². The van der Waals surface area contributed by atoms with Crippen molar-refractivity contribution in [3.8, 4) is 5.75 Å². The van der Waals surface area contributed by atoms with Crippen molar-refractivity contribution in [2.24, 2.45) is 5.73 Å². The highest BCUT2D eigenvalue weighted by atomic mass is 19.1. The maximum absolute atomic E-state index is 14.3. The first-order chi connectivity index (χ1) is 7.94. The fourth-order valence-corrected chi connectivity index (χ4v) is 2.23. The van der Waals surface area contributed by atoms with Crippen LogP contribution >= 0.6 is 0 Å². The van der Waals surface area contributed by atoms with Gasteiger partial charge in [-0.05, 0) is 50.8 Å². The Balaban J connectivity index is 2.41. The molecule has 2 N–H and O–H groups in total. The lowest BCUT2D eigenvalue weighted by Crippen LogP contribution is -2.33. The van der Waals surface area contributed by atoms with Gasteiger partial charge in [0.1, 0.15) is 17.2 Å². The topological polar surface area (TPSA) is 35.2 Å². The zero-order chi connectivity index (χ0) is 12.6. The molecule has 1 unspecified atom stereocenters. The van der Waals surface area contributed by atoms with Gasteiger partial charge in [-0.25, -0.2) is 4.39 Å². The number of hydrogen-bond donors (Lipinski definition) is 1. The zero-order valence-corrected chi connectivity index (χ0v) is 10.7. The van der Waals surface area contributed by atoms with Crippen LogP contribution < -0.4 is 10.5 Å². The molecule has 0 aliphatic carbocycles. The fraction of sp³-hybridized carbons (Fsp3) is 0.571. The number of ether oxygens (including phenoxy) is 1. The normalized spacial score (nSPS) is 19.4. The average Bonchev–Trinajstić information content (AvgIpc) is 2.27. The minimum Gasteiger partial charge on any atom is -0.487 e. The molecule has 0 amide bonds. The molecular weight excluding hydrogens is 217 g/mol. The molecule has 1 aliphatic heterocycles. The Hall–Kier alpha value is -1.09. The van der Waals surface area contributed by atoms with E-state index in [4.69, 9.17) is 10.5 Å². The number of rotatable bonds is 2. The second-order valence-corrected chi connectivity index (χ2v) is 5.44. The second kappa shape index (κ2) is 4.30. The molecule has 0 radical (unpaired) electrons. The van der Waals surface area contributed by atoms with Gasteiger partial charge < -0.3 is 10.5 Å². The number of fused-ring (bicyclic) bond motifs is 1. The van der Waals surface area contributed by atoms with Gasteiger partial charge in [-0.3, -0.25) is 0 Å². The maximum atomic E-state index is 14.3. The fourth-order valence-electron chi connectivity index (χ4n) is 2.23. The van der Waals surface area contributed by atoms with Gasteiger partial charge in [0.25, 0.3) is 0 Å². The van der Waals surface area contributed by atoms with E-state index in [0.717, 1.165) is 12.8 Å². The molecule has 1 aromatic carbocycles. The monoisotopic (exact) mass is 237 g/mol. The summed E-state index contributed by atoms with van der Waals surface area (Å²) in [5.74, 6) is 0.609. The molecule has 1 aromatic rings. The third kappa shape index (κ3) is 2.29. The molecular formula is C14H20FNO. The number of halogens is 1. The molecule has 0 fully saturated rings. The molecule has 3 heteroatoms. The van der Waals surface area contributed by atoms with E-state index >= 15 is 0 Å². The zero-order valence-electron chi connectivity index (χ0n) is 10.7. The predicted octanol–water partition coefficient (Wildman–Crippen LogP) is 2.99. The summed E-state index contributed by atoms with van der Waals surface area (Å²) < 4.78 is 20.1. The van der Waals surface area contributed by atoms with Crippen LogP contribution in [0, 0.1) is 5.82 Å². The van der Waals surface area contributed by atoms with Gasteiger partial charge in [0.05, 0.1) is 0 Å². The van der Waals surface area contributed by atoms with Gasteiger partial charge in [0.2, 0.25) is 0 Å². The first kappa shape index (κ1) is 12.4. The Morgan fingerprint density at radius 3 is 2.82 bits per heavy atom. The number of nitrogens with two attached hydrogens (primary N) is 1. The van der Waals surface area contributed by atoms with E-state index in [1.807, 2.05) is 26.8 Å². The van der Waals surface area contributed by atoms with Crippen molar-refractivity contribution in [2.45, 2.75) is 45.1 Å². The van der Waals surface area contributed by atoms with Gasteiger partial charge in [-0.15, -0.1) is 0 Å². The maximum Gasteiger partial charge on any atom is 0.133 e. The standard InChI is InChI=1S/C14H20FNO/c1-9(8-16)10-4-5-12-11(13(10)15)6-7-14(2,3)17-12/h4-5,9H,6-8,16H2,1-3H3. The summed E-state index contributed by atoms with van der Waals surface area (Å²) in [4.78, 5) is 0. The molecule has 17 heavy (non-hydrogen) atoms. The molecule has 0 aromatic heterocycles. The minimum atomic E-state index is -0.194. The first-order valence-corrected chi connectivity index (χ1v) is 6.15. The van der Waals surface area contributed by atoms with E-state index < -0.39 is 0 Å². The summed E-state index contributed by atoms with van der Waals surface area (Å²) in [5.41, 5.74) is 6.81. The lowest BCUT2D eigenvalue weighted by molar-refractivity contribution is 0.0831. The van der Waals surface area contributed by atoms with Crippen LogP contribution in [0.2, 0.25) is 0 Å². The Bertz CT molecular complexity index is 428. The highest BCUT2D eigenvalue weighted by Gasteiger charge is 2.29. The van der Waals surface area contributed by atoms with Gasteiger partial charge in [-0.1, -0.05) is 13.0 Å². The van der Waals surface area contributed by atoms with E-state index in [9.17, 15) is 4.39 Å². The van der Waals surface area contributed by atoms with Crippen LogP contribution in [0.4, 0.5) is 4.39 Å².